The molecule has 0 amide bonds. The van der Waals surface area contributed by atoms with Crippen LogP contribution in [-0.2, 0) is 0 Å². The molecule has 0 aliphatic carbocycles. The highest BCUT2D eigenvalue weighted by Gasteiger charge is 2.33. The Kier molecular flexibility index (Phi) is 4.91. The van der Waals surface area contributed by atoms with Gasteiger partial charge in [0.2, 0.25) is 0 Å². The van der Waals surface area contributed by atoms with Gasteiger partial charge in [-0.25, -0.2) is 0 Å². The Hall–Kier alpha value is -3.44. The predicted octanol–water partition coefficient (Wildman–Crippen LogP) is 7.66. The SMILES string of the molecule is C=C(C)c1ccsc1C=C1Oc2ccc(O)c(OC)c2-c2ccc3c(c21)C(C)=CC(C)(C)N3. The fourth-order valence-corrected chi connectivity index (χ4v) is 5.75. The van der Waals surface area contributed by atoms with E-state index in [1.807, 2.05) is 6.92 Å². The van der Waals surface area contributed by atoms with Crippen molar-refractivity contribution in [2.45, 2.75) is 33.2 Å². The van der Waals surface area contributed by atoms with Crippen LogP contribution in [0.25, 0.3) is 34.1 Å². The Labute approximate surface area is 198 Å². The summed E-state index contributed by atoms with van der Waals surface area (Å²) in [6.07, 6.45) is 4.34. The molecule has 4 nitrogen and oxygen atoms in total. The monoisotopic (exact) mass is 457 g/mol. The second-order valence-corrected chi connectivity index (χ2v) is 10.1. The summed E-state index contributed by atoms with van der Waals surface area (Å²) in [7, 11) is 1.57. The summed E-state index contributed by atoms with van der Waals surface area (Å²) in [6.45, 7) is 12.6. The summed E-state index contributed by atoms with van der Waals surface area (Å²) in [6, 6.07) is 9.68. The highest BCUT2D eigenvalue weighted by molar-refractivity contribution is 7.11. The Morgan fingerprint density at radius 2 is 1.94 bits per heavy atom. The third-order valence-corrected chi connectivity index (χ3v) is 6.95. The van der Waals surface area contributed by atoms with Gasteiger partial charge in [-0.05, 0) is 80.1 Å². The number of rotatable bonds is 3. The van der Waals surface area contributed by atoms with Crippen molar-refractivity contribution in [3.8, 4) is 28.4 Å². The largest absolute Gasteiger partial charge is 0.504 e. The summed E-state index contributed by atoms with van der Waals surface area (Å²) in [5.41, 5.74) is 8.02. The molecule has 0 unspecified atom stereocenters. The zero-order chi connectivity index (χ0) is 23.5. The fraction of sp³-hybridized carbons (Fsp3) is 0.214. The molecule has 168 valence electrons. The molecule has 2 aromatic carbocycles. The van der Waals surface area contributed by atoms with Crippen molar-refractivity contribution in [1.29, 1.82) is 0 Å². The van der Waals surface area contributed by atoms with E-state index in [0.717, 1.165) is 49.7 Å². The summed E-state index contributed by atoms with van der Waals surface area (Å²) >= 11 is 1.66. The molecule has 0 atom stereocenters. The molecule has 2 aliphatic rings. The van der Waals surface area contributed by atoms with Crippen LogP contribution in [-0.4, -0.2) is 17.8 Å². The summed E-state index contributed by atoms with van der Waals surface area (Å²) in [4.78, 5) is 1.10. The standard InChI is InChI=1S/C28H27NO3S/c1-15(2)17-11-12-33-23(17)13-22-25-18(26-21(32-22)10-9-20(30)27(26)31-6)7-8-19-24(25)16(3)14-28(4,5)29-19/h7-14,29-30H,1H2,2-6H3. The molecule has 2 aliphatic heterocycles. The van der Waals surface area contributed by atoms with Gasteiger partial charge < -0.3 is 19.9 Å². The molecule has 5 rings (SSSR count). The minimum atomic E-state index is -0.153. The second-order valence-electron chi connectivity index (χ2n) is 9.17. The van der Waals surface area contributed by atoms with E-state index >= 15 is 0 Å². The minimum absolute atomic E-state index is 0.0882. The number of aromatic hydroxyl groups is 1. The molecule has 0 spiro atoms. The number of phenols is 1. The number of phenolic OH excluding ortho intramolecular Hbond substituents is 1. The van der Waals surface area contributed by atoms with Crippen LogP contribution in [0.4, 0.5) is 5.69 Å². The van der Waals surface area contributed by atoms with E-state index in [-0.39, 0.29) is 11.3 Å². The first kappa shape index (κ1) is 21.4. The van der Waals surface area contributed by atoms with Gasteiger partial charge in [-0.15, -0.1) is 11.3 Å². The van der Waals surface area contributed by atoms with Crippen molar-refractivity contribution in [3.63, 3.8) is 0 Å². The van der Waals surface area contributed by atoms with Gasteiger partial charge in [-0.3, -0.25) is 0 Å². The lowest BCUT2D eigenvalue weighted by Gasteiger charge is -2.35. The minimum Gasteiger partial charge on any atom is -0.504 e. The van der Waals surface area contributed by atoms with Crippen LogP contribution in [0.1, 0.15) is 49.3 Å². The number of hydrogen-bond donors (Lipinski definition) is 2. The van der Waals surface area contributed by atoms with Crippen molar-refractivity contribution < 1.29 is 14.6 Å². The van der Waals surface area contributed by atoms with Crippen LogP contribution in [0.5, 0.6) is 17.2 Å². The molecular weight excluding hydrogens is 430 g/mol. The third kappa shape index (κ3) is 3.44. The number of allylic oxidation sites excluding steroid dienone is 2. The number of hydrogen-bond acceptors (Lipinski definition) is 5. The molecule has 0 radical (unpaired) electrons. The zero-order valence-electron chi connectivity index (χ0n) is 19.5. The molecule has 0 bridgehead atoms. The molecule has 0 fully saturated rings. The van der Waals surface area contributed by atoms with Gasteiger partial charge in [-0.2, -0.15) is 0 Å². The smallest absolute Gasteiger partial charge is 0.172 e. The average Bonchev–Trinajstić information content (AvgIpc) is 3.21. The number of fused-ring (bicyclic) bond motifs is 5. The average molecular weight is 458 g/mol. The highest BCUT2D eigenvalue weighted by Crippen LogP contribution is 2.54. The lowest BCUT2D eigenvalue weighted by atomic mass is 9.83. The maximum absolute atomic E-state index is 10.5. The van der Waals surface area contributed by atoms with Crippen molar-refractivity contribution >= 4 is 40.0 Å². The van der Waals surface area contributed by atoms with E-state index in [0.29, 0.717) is 11.5 Å². The van der Waals surface area contributed by atoms with Crippen molar-refractivity contribution in [3.05, 3.63) is 69.9 Å². The van der Waals surface area contributed by atoms with Crippen LogP contribution in [0.3, 0.4) is 0 Å². The van der Waals surface area contributed by atoms with Crippen LogP contribution in [0.2, 0.25) is 0 Å². The molecule has 33 heavy (non-hydrogen) atoms. The van der Waals surface area contributed by atoms with Crippen molar-refractivity contribution in [2.24, 2.45) is 0 Å². The number of thiophene rings is 1. The molecule has 3 heterocycles. The lowest BCUT2D eigenvalue weighted by Crippen LogP contribution is -2.32. The van der Waals surface area contributed by atoms with Crippen molar-refractivity contribution in [2.75, 3.05) is 12.4 Å². The van der Waals surface area contributed by atoms with E-state index in [1.165, 1.54) is 5.57 Å². The van der Waals surface area contributed by atoms with E-state index < -0.39 is 0 Å². The van der Waals surface area contributed by atoms with Crippen LogP contribution in [0, 0.1) is 0 Å². The Morgan fingerprint density at radius 3 is 2.67 bits per heavy atom. The highest BCUT2D eigenvalue weighted by atomic mass is 32.1. The molecule has 0 saturated carbocycles. The number of anilines is 1. The van der Waals surface area contributed by atoms with Gasteiger partial charge in [0.15, 0.2) is 11.5 Å². The zero-order valence-corrected chi connectivity index (χ0v) is 20.3. The fourth-order valence-electron chi connectivity index (χ4n) is 4.85. The van der Waals surface area contributed by atoms with Crippen LogP contribution in [0.15, 0.2) is 48.4 Å². The number of ether oxygens (including phenoxy) is 2. The first-order valence-electron chi connectivity index (χ1n) is 10.9. The van der Waals surface area contributed by atoms with E-state index in [4.69, 9.17) is 9.47 Å². The lowest BCUT2D eigenvalue weighted by molar-refractivity contribution is 0.371. The maximum Gasteiger partial charge on any atom is 0.172 e. The van der Waals surface area contributed by atoms with Gasteiger partial charge in [0, 0.05) is 27.3 Å². The van der Waals surface area contributed by atoms with Crippen LogP contribution >= 0.6 is 11.3 Å². The third-order valence-electron chi connectivity index (χ3n) is 6.09. The van der Waals surface area contributed by atoms with E-state index in [9.17, 15) is 5.11 Å². The molecule has 0 saturated heterocycles. The molecular formula is C28H27NO3S. The van der Waals surface area contributed by atoms with E-state index in [2.05, 4.69) is 68.4 Å². The first-order valence-corrected chi connectivity index (χ1v) is 11.8. The number of benzene rings is 2. The van der Waals surface area contributed by atoms with Gasteiger partial charge in [-0.1, -0.05) is 18.7 Å². The van der Waals surface area contributed by atoms with Crippen LogP contribution < -0.4 is 14.8 Å². The normalized spacial score (nSPS) is 16.6. The maximum atomic E-state index is 10.5. The van der Waals surface area contributed by atoms with Gasteiger partial charge in [0.05, 0.1) is 18.2 Å². The second kappa shape index (κ2) is 7.56. The predicted molar refractivity (Wildman–Crippen MR) is 139 cm³/mol. The summed E-state index contributed by atoms with van der Waals surface area (Å²) in [5, 5.41) is 16.2. The van der Waals surface area contributed by atoms with Gasteiger partial charge >= 0.3 is 0 Å². The first-order chi connectivity index (χ1) is 15.7. The summed E-state index contributed by atoms with van der Waals surface area (Å²) in [5.74, 6) is 1.92. The van der Waals surface area contributed by atoms with Crippen molar-refractivity contribution in [1.82, 2.24) is 0 Å². The molecule has 2 N–H and O–H groups in total. The molecule has 1 aromatic heterocycles. The Morgan fingerprint density at radius 1 is 1.15 bits per heavy atom. The topological polar surface area (TPSA) is 50.7 Å². The van der Waals surface area contributed by atoms with Gasteiger partial charge in [0.25, 0.3) is 0 Å². The quantitative estimate of drug-likeness (QED) is 0.424. The Bertz CT molecular complexity index is 1370. The van der Waals surface area contributed by atoms with E-state index in [1.54, 1.807) is 30.6 Å². The molecule has 5 heteroatoms. The van der Waals surface area contributed by atoms with Gasteiger partial charge in [0.1, 0.15) is 11.5 Å². The molecule has 3 aromatic rings. The summed E-state index contributed by atoms with van der Waals surface area (Å²) < 4.78 is 12.1. The number of methoxy groups -OCH3 is 1. The number of nitrogens with one attached hydrogen (secondary N) is 1. The Balaban J connectivity index is 1.84.